The molecule has 1 N–H and O–H groups in total. The molecule has 2 aromatic rings. The first kappa shape index (κ1) is 18.0. The van der Waals surface area contributed by atoms with Crippen LogP contribution in [0.25, 0.3) is 11.1 Å². The molecule has 8 heteroatoms. The zero-order valence-electron chi connectivity index (χ0n) is 12.6. The molecule has 5 nitrogen and oxygen atoms in total. The van der Waals surface area contributed by atoms with Gasteiger partial charge >= 0.3 is 0 Å². The summed E-state index contributed by atoms with van der Waals surface area (Å²) in [4.78, 5) is 4.08. The van der Waals surface area contributed by atoms with Gasteiger partial charge in [-0.25, -0.2) is 13.4 Å². The van der Waals surface area contributed by atoms with Crippen LogP contribution in [-0.4, -0.2) is 26.3 Å². The van der Waals surface area contributed by atoms with E-state index in [2.05, 4.69) is 25.6 Å². The molecule has 2 rings (SSSR count). The van der Waals surface area contributed by atoms with Crippen molar-refractivity contribution in [1.82, 2.24) is 4.98 Å². The number of aromatic nitrogens is 1. The molecule has 23 heavy (non-hydrogen) atoms. The highest BCUT2D eigenvalue weighted by molar-refractivity contribution is 9.10. The number of sulfonamides is 1. The minimum Gasteiger partial charge on any atom is -0.495 e. The lowest BCUT2D eigenvalue weighted by atomic mass is 10.1. The summed E-state index contributed by atoms with van der Waals surface area (Å²) in [5, 5.41) is 0.356. The molecule has 0 aliphatic rings. The van der Waals surface area contributed by atoms with Crippen LogP contribution in [0.15, 0.2) is 34.9 Å². The minimum atomic E-state index is -3.39. The van der Waals surface area contributed by atoms with Crippen LogP contribution in [0.1, 0.15) is 13.3 Å². The number of pyridine rings is 1. The second-order valence-corrected chi connectivity index (χ2v) is 7.94. The van der Waals surface area contributed by atoms with Gasteiger partial charge in [0.05, 0.1) is 18.6 Å². The van der Waals surface area contributed by atoms with Gasteiger partial charge in [-0.1, -0.05) is 24.6 Å². The van der Waals surface area contributed by atoms with E-state index in [1.54, 1.807) is 24.4 Å². The molecule has 0 aliphatic heterocycles. The Labute approximate surface area is 149 Å². The number of hydrogen-bond acceptors (Lipinski definition) is 4. The van der Waals surface area contributed by atoms with Crippen LogP contribution < -0.4 is 9.46 Å². The van der Waals surface area contributed by atoms with Gasteiger partial charge in [0.1, 0.15) is 10.9 Å². The van der Waals surface area contributed by atoms with E-state index in [-0.39, 0.29) is 5.75 Å². The number of nitrogens with one attached hydrogen (secondary N) is 1. The van der Waals surface area contributed by atoms with E-state index in [1.165, 1.54) is 7.11 Å². The van der Waals surface area contributed by atoms with Gasteiger partial charge in [0.25, 0.3) is 0 Å². The quantitative estimate of drug-likeness (QED) is 0.708. The standard InChI is InChI=1S/C15H16BrClN2O3S/c1-3-6-23(20,21)19-13-5-4-10(7-14(13)22-2)12-8-11(16)9-18-15(12)17/h4-5,7-9,19H,3,6H2,1-2H3. The zero-order chi connectivity index (χ0) is 17.0. The molecule has 0 amide bonds. The van der Waals surface area contributed by atoms with Crippen molar-refractivity contribution in [3.05, 3.63) is 40.1 Å². The Kier molecular flexibility index (Phi) is 5.89. The zero-order valence-corrected chi connectivity index (χ0v) is 15.8. The average molecular weight is 420 g/mol. The maximum atomic E-state index is 11.9. The Morgan fingerprint density at radius 1 is 1.35 bits per heavy atom. The van der Waals surface area contributed by atoms with Crippen LogP contribution in [0, 0.1) is 0 Å². The fraction of sp³-hybridized carbons (Fsp3) is 0.267. The van der Waals surface area contributed by atoms with Crippen molar-refractivity contribution in [2.45, 2.75) is 13.3 Å². The van der Waals surface area contributed by atoms with E-state index in [4.69, 9.17) is 16.3 Å². The van der Waals surface area contributed by atoms with Crippen molar-refractivity contribution in [3.8, 4) is 16.9 Å². The van der Waals surface area contributed by atoms with Gasteiger partial charge in [-0.3, -0.25) is 4.72 Å². The Morgan fingerprint density at radius 3 is 2.74 bits per heavy atom. The van der Waals surface area contributed by atoms with Crippen LogP contribution in [0.5, 0.6) is 5.75 Å². The third-order valence-corrected chi connectivity index (χ3v) is 5.27. The molecule has 0 saturated heterocycles. The van der Waals surface area contributed by atoms with Gasteiger partial charge in [0, 0.05) is 16.2 Å². The summed E-state index contributed by atoms with van der Waals surface area (Å²) in [6.45, 7) is 1.81. The Hall–Kier alpha value is -1.31. The second-order valence-electron chi connectivity index (χ2n) is 4.83. The molecule has 124 valence electrons. The lowest BCUT2D eigenvalue weighted by molar-refractivity contribution is 0.417. The van der Waals surface area contributed by atoms with Crippen molar-refractivity contribution in [1.29, 1.82) is 0 Å². The van der Waals surface area contributed by atoms with Crippen molar-refractivity contribution < 1.29 is 13.2 Å². The van der Waals surface area contributed by atoms with E-state index in [0.717, 1.165) is 15.6 Å². The molecule has 1 heterocycles. The van der Waals surface area contributed by atoms with Gasteiger partial charge in [0.2, 0.25) is 10.0 Å². The molecule has 1 aromatic carbocycles. The lowest BCUT2D eigenvalue weighted by Crippen LogP contribution is -2.16. The predicted octanol–water partition coefficient (Wildman–Crippen LogP) is 4.32. The molecule has 0 saturated carbocycles. The van der Waals surface area contributed by atoms with E-state index in [9.17, 15) is 8.42 Å². The van der Waals surface area contributed by atoms with E-state index < -0.39 is 10.0 Å². The molecule has 0 radical (unpaired) electrons. The van der Waals surface area contributed by atoms with Gasteiger partial charge in [0.15, 0.2) is 0 Å². The summed E-state index contributed by atoms with van der Waals surface area (Å²) < 4.78 is 32.5. The van der Waals surface area contributed by atoms with Crippen molar-refractivity contribution in [2.75, 3.05) is 17.6 Å². The first-order valence-electron chi connectivity index (χ1n) is 6.86. The molecular formula is C15H16BrClN2O3S. The predicted molar refractivity (Wildman–Crippen MR) is 96.6 cm³/mol. The molecule has 0 unspecified atom stereocenters. The molecule has 0 atom stereocenters. The molecule has 0 bridgehead atoms. The number of methoxy groups -OCH3 is 1. The van der Waals surface area contributed by atoms with Crippen LogP contribution in [0.3, 0.4) is 0 Å². The van der Waals surface area contributed by atoms with E-state index in [0.29, 0.717) is 23.0 Å². The molecule has 0 aliphatic carbocycles. The highest BCUT2D eigenvalue weighted by Gasteiger charge is 2.14. The smallest absolute Gasteiger partial charge is 0.232 e. The largest absolute Gasteiger partial charge is 0.495 e. The van der Waals surface area contributed by atoms with Crippen LogP contribution in [-0.2, 0) is 10.0 Å². The first-order chi connectivity index (χ1) is 10.9. The maximum absolute atomic E-state index is 11.9. The fourth-order valence-electron chi connectivity index (χ4n) is 2.06. The number of benzene rings is 1. The lowest BCUT2D eigenvalue weighted by Gasteiger charge is -2.13. The Bertz CT molecular complexity index is 812. The highest BCUT2D eigenvalue weighted by atomic mass is 79.9. The third kappa shape index (κ3) is 4.59. The van der Waals surface area contributed by atoms with Crippen LogP contribution in [0.4, 0.5) is 5.69 Å². The number of hydrogen-bond donors (Lipinski definition) is 1. The monoisotopic (exact) mass is 418 g/mol. The van der Waals surface area contributed by atoms with Crippen LogP contribution in [0.2, 0.25) is 5.15 Å². The summed E-state index contributed by atoms with van der Waals surface area (Å²) in [7, 11) is -1.90. The van der Waals surface area contributed by atoms with Crippen molar-refractivity contribution in [2.24, 2.45) is 0 Å². The molecule has 1 aromatic heterocycles. The second kappa shape index (κ2) is 7.51. The number of ether oxygens (including phenoxy) is 1. The maximum Gasteiger partial charge on any atom is 0.232 e. The molecule has 0 spiro atoms. The van der Waals surface area contributed by atoms with Crippen molar-refractivity contribution in [3.63, 3.8) is 0 Å². The van der Waals surface area contributed by atoms with Gasteiger partial charge in [-0.15, -0.1) is 0 Å². The van der Waals surface area contributed by atoms with Gasteiger partial charge in [-0.05, 0) is 46.1 Å². The summed E-state index contributed by atoms with van der Waals surface area (Å²) in [5.74, 6) is 0.470. The Morgan fingerprint density at radius 2 is 2.09 bits per heavy atom. The summed E-state index contributed by atoms with van der Waals surface area (Å²) in [5.41, 5.74) is 1.89. The van der Waals surface area contributed by atoms with Crippen LogP contribution >= 0.6 is 27.5 Å². The number of anilines is 1. The number of nitrogens with zero attached hydrogens (tertiary/aromatic N) is 1. The SMILES string of the molecule is CCCS(=O)(=O)Nc1ccc(-c2cc(Br)cnc2Cl)cc1OC. The molecule has 0 fully saturated rings. The summed E-state index contributed by atoms with van der Waals surface area (Å²) >= 11 is 9.49. The van der Waals surface area contributed by atoms with Crippen molar-refractivity contribution >= 4 is 43.2 Å². The molecular weight excluding hydrogens is 404 g/mol. The Balaban J connectivity index is 2.42. The van der Waals surface area contributed by atoms with Gasteiger partial charge < -0.3 is 4.74 Å². The fourth-order valence-corrected chi connectivity index (χ4v) is 3.74. The third-order valence-electron chi connectivity index (χ3n) is 3.06. The normalized spacial score (nSPS) is 11.3. The summed E-state index contributed by atoms with van der Waals surface area (Å²) in [6, 6.07) is 6.98. The van der Waals surface area contributed by atoms with E-state index in [1.807, 2.05) is 13.0 Å². The van der Waals surface area contributed by atoms with E-state index >= 15 is 0 Å². The topological polar surface area (TPSA) is 68.3 Å². The van der Waals surface area contributed by atoms with Gasteiger partial charge in [-0.2, -0.15) is 0 Å². The first-order valence-corrected chi connectivity index (χ1v) is 9.68. The number of rotatable bonds is 6. The average Bonchev–Trinajstić information content (AvgIpc) is 2.49. The number of halogens is 2. The highest BCUT2D eigenvalue weighted by Crippen LogP contribution is 2.35. The summed E-state index contributed by atoms with van der Waals surface area (Å²) in [6.07, 6.45) is 2.14. The minimum absolute atomic E-state index is 0.0548.